The summed E-state index contributed by atoms with van der Waals surface area (Å²) in [5.74, 6) is -2.14. The van der Waals surface area contributed by atoms with Crippen LogP contribution in [0.5, 0.6) is 5.75 Å². The first-order chi connectivity index (χ1) is 19.5. The van der Waals surface area contributed by atoms with Gasteiger partial charge in [-0.25, -0.2) is 14.4 Å². The number of aromatic nitrogens is 3. The summed E-state index contributed by atoms with van der Waals surface area (Å²) in [5.41, 5.74) is 1.74. The summed E-state index contributed by atoms with van der Waals surface area (Å²) in [4.78, 5) is 21.6. The van der Waals surface area contributed by atoms with Crippen LogP contribution >= 0.6 is 11.6 Å². The molecule has 2 heterocycles. The molecule has 0 atom stereocenters. The van der Waals surface area contributed by atoms with Gasteiger partial charge in [0.15, 0.2) is 23.0 Å². The van der Waals surface area contributed by atoms with E-state index in [1.807, 2.05) is 0 Å². The van der Waals surface area contributed by atoms with E-state index in [-0.39, 0.29) is 28.3 Å². The molecule has 0 spiro atoms. The lowest BCUT2D eigenvalue weighted by atomic mass is 9.86. The van der Waals surface area contributed by atoms with E-state index in [2.05, 4.69) is 47.1 Å². The van der Waals surface area contributed by atoms with Crippen molar-refractivity contribution in [1.29, 1.82) is 0 Å². The first kappa shape index (κ1) is 28.7. The molecule has 4 aromatic rings. The van der Waals surface area contributed by atoms with Gasteiger partial charge in [0, 0.05) is 42.3 Å². The normalized spacial score (nSPS) is 16.9. The van der Waals surface area contributed by atoms with Crippen molar-refractivity contribution in [2.45, 2.75) is 24.9 Å². The minimum atomic E-state index is -1.07. The summed E-state index contributed by atoms with van der Waals surface area (Å²) < 4.78 is 36.5. The van der Waals surface area contributed by atoms with Crippen molar-refractivity contribution >= 4 is 34.7 Å². The number of halogens is 3. The van der Waals surface area contributed by atoms with Crippen LogP contribution in [0, 0.1) is 11.6 Å². The summed E-state index contributed by atoms with van der Waals surface area (Å²) in [6.45, 7) is 1.98. The Bertz CT molecular complexity index is 1580. The van der Waals surface area contributed by atoms with Crippen molar-refractivity contribution in [3.8, 4) is 17.0 Å². The van der Waals surface area contributed by atoms with E-state index < -0.39 is 11.6 Å². The number of hydrogen-bond acceptors (Lipinski definition) is 6. The number of imidazole rings is 1. The van der Waals surface area contributed by atoms with Crippen molar-refractivity contribution in [2.75, 3.05) is 46.7 Å². The molecule has 12 heteroatoms. The molecule has 2 aromatic heterocycles. The Labute approximate surface area is 242 Å². The topological polar surface area (TPSA) is 92.6 Å². The number of benzene rings is 2. The number of ether oxygens (including phenoxy) is 1. The van der Waals surface area contributed by atoms with Gasteiger partial charge in [0.25, 0.3) is 5.91 Å². The van der Waals surface area contributed by atoms with Gasteiger partial charge in [0.05, 0.1) is 57.3 Å². The van der Waals surface area contributed by atoms with Gasteiger partial charge < -0.3 is 25.2 Å². The minimum absolute atomic E-state index is 0.0316. The molecule has 41 heavy (non-hydrogen) atoms. The molecule has 0 aliphatic heterocycles. The van der Waals surface area contributed by atoms with Crippen molar-refractivity contribution in [3.63, 3.8) is 0 Å². The number of fused-ring (bicyclic) bond motifs is 1. The number of carbonyl (C=O) groups is 1. The number of amides is 1. The molecule has 1 fully saturated rings. The summed E-state index contributed by atoms with van der Waals surface area (Å²) in [7, 11) is 7.76. The fraction of sp³-hybridized carbons (Fsp3) is 0.345. The monoisotopic (exact) mass is 584 g/mol. The van der Waals surface area contributed by atoms with Gasteiger partial charge in [-0.3, -0.25) is 9.20 Å². The fourth-order valence-electron chi connectivity index (χ4n) is 4.78. The van der Waals surface area contributed by atoms with Gasteiger partial charge >= 0.3 is 0 Å². The van der Waals surface area contributed by atoms with Gasteiger partial charge in [-0.1, -0.05) is 11.6 Å². The molecule has 3 N–H and O–H groups in total. The van der Waals surface area contributed by atoms with E-state index in [0.29, 0.717) is 34.5 Å². The Kier molecular flexibility index (Phi) is 8.12. The highest BCUT2D eigenvalue weighted by molar-refractivity contribution is 6.34. The van der Waals surface area contributed by atoms with Crippen LogP contribution in [0.1, 0.15) is 23.2 Å². The van der Waals surface area contributed by atoms with Gasteiger partial charge in [-0.05, 0) is 43.2 Å². The smallest absolute Gasteiger partial charge is 0.253 e. The lowest BCUT2D eigenvalue weighted by Gasteiger charge is -2.37. The zero-order valence-corrected chi connectivity index (χ0v) is 24.1. The van der Waals surface area contributed by atoms with E-state index >= 15 is 0 Å². The van der Waals surface area contributed by atoms with Crippen LogP contribution in [-0.4, -0.2) is 78.2 Å². The second kappa shape index (κ2) is 11.6. The molecular formula is C29H33ClF2N7O2+. The van der Waals surface area contributed by atoms with Crippen molar-refractivity contribution in [2.24, 2.45) is 0 Å². The molecule has 5 rings (SSSR count). The maximum atomic E-state index is 14.8. The maximum Gasteiger partial charge on any atom is 0.253 e. The SMILES string of the molecule is COc1ccc(-c2cnc3c(Nc4ccc(C(=O)NC5CC(NCC[N+](C)(C)C)C5)c(Cl)c4)nccn23)c(F)c1F. The van der Waals surface area contributed by atoms with Gasteiger partial charge in [0.1, 0.15) is 0 Å². The highest BCUT2D eigenvalue weighted by atomic mass is 35.5. The number of nitrogens with one attached hydrogen (secondary N) is 3. The number of nitrogens with zero attached hydrogens (tertiary/aromatic N) is 4. The number of methoxy groups -OCH3 is 1. The van der Waals surface area contributed by atoms with Crippen LogP contribution in [0.4, 0.5) is 20.3 Å². The Balaban J connectivity index is 1.25. The van der Waals surface area contributed by atoms with Crippen molar-refractivity contribution < 1.29 is 22.8 Å². The lowest BCUT2D eigenvalue weighted by Crippen LogP contribution is -2.54. The molecule has 1 aliphatic rings. The predicted molar refractivity (Wildman–Crippen MR) is 155 cm³/mol. The third-order valence-corrected chi connectivity index (χ3v) is 7.45. The zero-order valence-electron chi connectivity index (χ0n) is 23.3. The molecule has 0 radical (unpaired) electrons. The number of likely N-dealkylation sites (N-methyl/N-ethyl adjacent to an activating group) is 1. The van der Waals surface area contributed by atoms with Crippen LogP contribution in [0.2, 0.25) is 5.02 Å². The number of rotatable bonds is 10. The number of anilines is 2. The molecule has 0 unspecified atom stereocenters. The molecule has 2 aromatic carbocycles. The largest absolute Gasteiger partial charge is 0.494 e. The fourth-order valence-corrected chi connectivity index (χ4v) is 5.04. The summed E-state index contributed by atoms with van der Waals surface area (Å²) in [5, 5.41) is 10.0. The molecule has 216 valence electrons. The highest BCUT2D eigenvalue weighted by Crippen LogP contribution is 2.32. The Morgan fingerprint density at radius 2 is 1.90 bits per heavy atom. The molecule has 1 amide bonds. The standard InChI is InChI=1S/C29H32ClF2N7O2/c1-39(2,3)12-10-33-18-13-19(14-18)37-29(40)20-6-5-17(15-22(20)30)36-27-28-35-16-23(38(28)11-9-34-27)21-7-8-24(41-4)26(32)25(21)31/h5-9,11,15-16,18-19,33H,10,12-14H2,1-4H3,(H-,34,36,37,40)/p+1. The van der Waals surface area contributed by atoms with Crippen LogP contribution < -0.4 is 20.7 Å². The van der Waals surface area contributed by atoms with Crippen molar-refractivity contribution in [1.82, 2.24) is 25.0 Å². The van der Waals surface area contributed by atoms with Gasteiger partial charge in [0.2, 0.25) is 5.82 Å². The zero-order chi connectivity index (χ0) is 29.3. The quantitative estimate of drug-likeness (QED) is 0.235. The summed E-state index contributed by atoms with van der Waals surface area (Å²) in [6, 6.07) is 8.34. The van der Waals surface area contributed by atoms with Crippen LogP contribution in [-0.2, 0) is 0 Å². The van der Waals surface area contributed by atoms with E-state index in [4.69, 9.17) is 16.3 Å². The Morgan fingerprint density at radius 3 is 2.61 bits per heavy atom. The average Bonchev–Trinajstić information content (AvgIpc) is 3.33. The molecule has 0 bridgehead atoms. The van der Waals surface area contributed by atoms with Crippen LogP contribution in [0.25, 0.3) is 16.9 Å². The van der Waals surface area contributed by atoms with E-state index in [1.54, 1.807) is 28.8 Å². The molecule has 9 nitrogen and oxygen atoms in total. The Hall–Kier alpha value is -3.80. The van der Waals surface area contributed by atoms with E-state index in [1.165, 1.54) is 31.6 Å². The first-order valence-corrected chi connectivity index (χ1v) is 13.7. The first-order valence-electron chi connectivity index (χ1n) is 13.3. The number of carbonyl (C=O) groups excluding carboxylic acids is 1. The van der Waals surface area contributed by atoms with Crippen LogP contribution in [0.15, 0.2) is 48.9 Å². The third-order valence-electron chi connectivity index (χ3n) is 7.14. The van der Waals surface area contributed by atoms with E-state index in [0.717, 1.165) is 30.4 Å². The van der Waals surface area contributed by atoms with Crippen molar-refractivity contribution in [3.05, 3.63) is 71.1 Å². The minimum Gasteiger partial charge on any atom is -0.494 e. The molecular weight excluding hydrogens is 552 g/mol. The highest BCUT2D eigenvalue weighted by Gasteiger charge is 2.30. The number of quaternary nitrogens is 1. The summed E-state index contributed by atoms with van der Waals surface area (Å²) in [6.07, 6.45) is 6.33. The van der Waals surface area contributed by atoms with Gasteiger partial charge in [-0.2, -0.15) is 4.39 Å². The van der Waals surface area contributed by atoms with Gasteiger partial charge in [-0.15, -0.1) is 0 Å². The Morgan fingerprint density at radius 1 is 1.12 bits per heavy atom. The second-order valence-electron chi connectivity index (χ2n) is 11.2. The molecule has 0 saturated heterocycles. The lowest BCUT2D eigenvalue weighted by molar-refractivity contribution is -0.869. The maximum absolute atomic E-state index is 14.8. The second-order valence-corrected chi connectivity index (χ2v) is 11.6. The average molecular weight is 585 g/mol. The third kappa shape index (κ3) is 6.27. The molecule has 1 aliphatic carbocycles. The van der Waals surface area contributed by atoms with E-state index in [9.17, 15) is 13.6 Å². The number of hydrogen-bond donors (Lipinski definition) is 3. The summed E-state index contributed by atoms with van der Waals surface area (Å²) >= 11 is 6.49. The molecule has 1 saturated carbocycles. The predicted octanol–water partition coefficient (Wildman–Crippen LogP) is 4.64. The van der Waals surface area contributed by atoms with Crippen LogP contribution in [0.3, 0.4) is 0 Å².